The van der Waals surface area contributed by atoms with Gasteiger partial charge in [0.1, 0.15) is 0 Å². The zero-order valence-corrected chi connectivity index (χ0v) is 9.60. The van der Waals surface area contributed by atoms with Crippen LogP contribution in [0.15, 0.2) is 24.3 Å². The average Bonchev–Trinajstić information content (AvgIpc) is 2.17. The number of benzene rings is 1. The lowest BCUT2D eigenvalue weighted by Crippen LogP contribution is -2.07. The lowest BCUT2D eigenvalue weighted by Gasteiger charge is -2.10. The van der Waals surface area contributed by atoms with Crippen LogP contribution in [0, 0.1) is 0 Å². The summed E-state index contributed by atoms with van der Waals surface area (Å²) in [4.78, 5) is 0. The molecule has 1 aromatic carbocycles. The largest absolute Gasteiger partial charge is 0.399 e. The third kappa shape index (κ3) is 3.92. The number of nitrogens with one attached hydrogen (secondary N) is 1. The maximum absolute atomic E-state index is 5.67. The molecule has 0 bridgehead atoms. The van der Waals surface area contributed by atoms with Crippen molar-refractivity contribution in [3.8, 4) is 0 Å². The van der Waals surface area contributed by atoms with Crippen molar-refractivity contribution in [2.45, 2.75) is 18.6 Å². The van der Waals surface area contributed by atoms with Crippen LogP contribution < -0.4 is 11.1 Å². The van der Waals surface area contributed by atoms with Crippen molar-refractivity contribution in [3.05, 3.63) is 24.3 Å². The van der Waals surface area contributed by atoms with E-state index < -0.39 is 0 Å². The summed E-state index contributed by atoms with van der Waals surface area (Å²) in [6.07, 6.45) is 3.32. The van der Waals surface area contributed by atoms with E-state index in [-0.39, 0.29) is 0 Å². The van der Waals surface area contributed by atoms with Gasteiger partial charge in [0.05, 0.1) is 0 Å². The van der Waals surface area contributed by atoms with E-state index in [1.807, 2.05) is 36.0 Å². The maximum atomic E-state index is 5.67. The summed E-state index contributed by atoms with van der Waals surface area (Å²) in [5, 5.41) is 4.07. The molecular weight excluding hydrogens is 192 g/mol. The van der Waals surface area contributed by atoms with Gasteiger partial charge in [0.25, 0.3) is 0 Å². The first-order valence-corrected chi connectivity index (χ1v) is 6.13. The van der Waals surface area contributed by atoms with Gasteiger partial charge in [-0.1, -0.05) is 13.0 Å². The smallest absolute Gasteiger partial charge is 0.0360 e. The summed E-state index contributed by atoms with van der Waals surface area (Å²) in [7, 11) is 0. The molecule has 78 valence electrons. The Bertz CT molecular complexity index is 276. The first-order chi connectivity index (χ1) is 6.72. The molecule has 0 aliphatic rings. The van der Waals surface area contributed by atoms with Crippen molar-refractivity contribution in [2.24, 2.45) is 0 Å². The molecule has 1 atom stereocenters. The van der Waals surface area contributed by atoms with Crippen molar-refractivity contribution >= 4 is 23.1 Å². The minimum absolute atomic E-state index is 0.712. The van der Waals surface area contributed by atoms with Crippen LogP contribution in [-0.2, 0) is 0 Å². The highest BCUT2D eigenvalue weighted by Gasteiger charge is 1.98. The lowest BCUT2D eigenvalue weighted by molar-refractivity contribution is 0.854. The number of nitrogen functional groups attached to an aromatic ring is 1. The summed E-state index contributed by atoms with van der Waals surface area (Å²) in [5.74, 6) is 0. The van der Waals surface area contributed by atoms with Crippen LogP contribution >= 0.6 is 11.8 Å². The first-order valence-electron chi connectivity index (χ1n) is 4.84. The van der Waals surface area contributed by atoms with Gasteiger partial charge in [0.2, 0.25) is 0 Å². The Morgan fingerprint density at radius 3 is 2.93 bits per heavy atom. The molecule has 0 radical (unpaired) electrons. The maximum Gasteiger partial charge on any atom is 0.0360 e. The number of anilines is 2. The first kappa shape index (κ1) is 11.2. The molecule has 1 aromatic rings. The molecule has 0 aromatic heterocycles. The van der Waals surface area contributed by atoms with Crippen molar-refractivity contribution in [1.29, 1.82) is 0 Å². The van der Waals surface area contributed by atoms with Crippen LogP contribution in [-0.4, -0.2) is 18.1 Å². The van der Waals surface area contributed by atoms with Gasteiger partial charge in [0.15, 0.2) is 0 Å². The van der Waals surface area contributed by atoms with E-state index in [0.717, 1.165) is 17.9 Å². The molecule has 2 nitrogen and oxygen atoms in total. The highest BCUT2D eigenvalue weighted by Crippen LogP contribution is 2.13. The van der Waals surface area contributed by atoms with Crippen LogP contribution in [0.25, 0.3) is 0 Å². The summed E-state index contributed by atoms with van der Waals surface area (Å²) in [6, 6.07) is 7.87. The average molecular weight is 210 g/mol. The van der Waals surface area contributed by atoms with Gasteiger partial charge in [0, 0.05) is 23.2 Å². The molecule has 3 N–H and O–H groups in total. The summed E-state index contributed by atoms with van der Waals surface area (Å²) >= 11 is 1.90. The molecule has 0 saturated carbocycles. The van der Waals surface area contributed by atoms with Gasteiger partial charge < -0.3 is 11.1 Å². The Morgan fingerprint density at radius 2 is 2.29 bits per heavy atom. The molecule has 1 rings (SSSR count). The molecule has 0 aliphatic heterocycles. The van der Waals surface area contributed by atoms with Gasteiger partial charge >= 0.3 is 0 Å². The van der Waals surface area contributed by atoms with Crippen molar-refractivity contribution in [2.75, 3.05) is 23.9 Å². The van der Waals surface area contributed by atoms with Crippen LogP contribution in [0.2, 0.25) is 0 Å². The Morgan fingerprint density at radius 1 is 1.50 bits per heavy atom. The summed E-state index contributed by atoms with van der Waals surface area (Å²) in [6.45, 7) is 3.25. The van der Waals surface area contributed by atoms with Crippen LogP contribution in [0.4, 0.5) is 11.4 Å². The molecule has 0 fully saturated rings. The van der Waals surface area contributed by atoms with Gasteiger partial charge in [-0.05, 0) is 30.9 Å². The zero-order chi connectivity index (χ0) is 10.4. The molecule has 3 heteroatoms. The molecule has 1 unspecified atom stereocenters. The predicted octanol–water partition coefficient (Wildman–Crippen LogP) is 2.82. The van der Waals surface area contributed by atoms with E-state index in [2.05, 4.69) is 18.5 Å². The molecular formula is C11H18N2S. The molecule has 14 heavy (non-hydrogen) atoms. The second-order valence-electron chi connectivity index (χ2n) is 3.39. The fourth-order valence-corrected chi connectivity index (χ4v) is 1.54. The molecule has 0 heterocycles. The quantitative estimate of drug-likeness (QED) is 0.734. The number of thioether (sulfide) groups is 1. The number of hydrogen-bond acceptors (Lipinski definition) is 3. The van der Waals surface area contributed by atoms with Crippen molar-refractivity contribution in [1.82, 2.24) is 0 Å². The highest BCUT2D eigenvalue weighted by molar-refractivity contribution is 7.99. The Hall–Kier alpha value is -0.830. The van der Waals surface area contributed by atoms with E-state index >= 15 is 0 Å². The Labute approximate surface area is 90.3 Å². The molecule has 0 amide bonds. The third-order valence-corrected chi connectivity index (χ3v) is 3.21. The third-order valence-electron chi connectivity index (χ3n) is 2.17. The summed E-state index contributed by atoms with van der Waals surface area (Å²) < 4.78 is 0. The number of hydrogen-bond donors (Lipinski definition) is 2. The molecule has 0 spiro atoms. The minimum atomic E-state index is 0.712. The Balaban J connectivity index is 2.31. The lowest BCUT2D eigenvalue weighted by atomic mass is 10.2. The van der Waals surface area contributed by atoms with Gasteiger partial charge in [-0.2, -0.15) is 11.8 Å². The molecule has 0 aliphatic carbocycles. The van der Waals surface area contributed by atoms with E-state index in [1.54, 1.807) is 0 Å². The SMILES string of the molecule is CSC(C)CCNc1cccc(N)c1. The van der Waals surface area contributed by atoms with Crippen LogP contribution in [0.1, 0.15) is 13.3 Å². The minimum Gasteiger partial charge on any atom is -0.399 e. The molecule has 0 saturated heterocycles. The standard InChI is InChI=1S/C11H18N2S/c1-9(14-2)6-7-13-11-5-3-4-10(12)8-11/h3-5,8-9,13H,6-7,12H2,1-2H3. The zero-order valence-electron chi connectivity index (χ0n) is 8.79. The van der Waals surface area contributed by atoms with E-state index in [0.29, 0.717) is 5.25 Å². The topological polar surface area (TPSA) is 38.0 Å². The fourth-order valence-electron chi connectivity index (χ4n) is 1.19. The number of rotatable bonds is 5. The van der Waals surface area contributed by atoms with E-state index in [1.165, 1.54) is 6.42 Å². The normalized spacial score (nSPS) is 12.4. The van der Waals surface area contributed by atoms with E-state index in [4.69, 9.17) is 5.73 Å². The second-order valence-corrected chi connectivity index (χ2v) is 4.66. The van der Waals surface area contributed by atoms with Crippen molar-refractivity contribution < 1.29 is 0 Å². The summed E-state index contributed by atoms with van der Waals surface area (Å²) in [5.41, 5.74) is 7.59. The van der Waals surface area contributed by atoms with Gasteiger partial charge in [-0.3, -0.25) is 0 Å². The highest BCUT2D eigenvalue weighted by atomic mass is 32.2. The Kier molecular flexibility index (Phi) is 4.66. The number of nitrogens with two attached hydrogens (primary N) is 1. The monoisotopic (exact) mass is 210 g/mol. The predicted molar refractivity (Wildman–Crippen MR) is 66.9 cm³/mol. The second kappa shape index (κ2) is 5.81. The van der Waals surface area contributed by atoms with Crippen LogP contribution in [0.3, 0.4) is 0 Å². The van der Waals surface area contributed by atoms with E-state index in [9.17, 15) is 0 Å². The van der Waals surface area contributed by atoms with Crippen molar-refractivity contribution in [3.63, 3.8) is 0 Å². The fraction of sp³-hybridized carbons (Fsp3) is 0.455. The van der Waals surface area contributed by atoms with Gasteiger partial charge in [-0.15, -0.1) is 0 Å². The van der Waals surface area contributed by atoms with Gasteiger partial charge in [-0.25, -0.2) is 0 Å². The van der Waals surface area contributed by atoms with Crippen LogP contribution in [0.5, 0.6) is 0 Å².